The Labute approximate surface area is 91.3 Å². The zero-order chi connectivity index (χ0) is 11.3. The fraction of sp³-hybridized carbons (Fsp3) is 0.909. The van der Waals surface area contributed by atoms with E-state index in [2.05, 4.69) is 5.32 Å². The van der Waals surface area contributed by atoms with Gasteiger partial charge in [-0.3, -0.25) is 4.79 Å². The molecule has 0 aliphatic carbocycles. The van der Waals surface area contributed by atoms with Gasteiger partial charge in [0.1, 0.15) is 6.61 Å². The molecule has 1 rings (SSSR count). The quantitative estimate of drug-likeness (QED) is 0.548. The van der Waals surface area contributed by atoms with Crippen molar-refractivity contribution in [3.63, 3.8) is 0 Å². The second-order valence-corrected chi connectivity index (χ2v) is 4.91. The first-order chi connectivity index (χ1) is 6.97. The summed E-state index contributed by atoms with van der Waals surface area (Å²) in [6.07, 6.45) is 0.530. The lowest BCUT2D eigenvalue weighted by Crippen LogP contribution is -2.43. The van der Waals surface area contributed by atoms with Crippen LogP contribution in [-0.4, -0.2) is 37.9 Å². The Morgan fingerprint density at radius 1 is 1.33 bits per heavy atom. The monoisotopic (exact) mass is 215 g/mol. The van der Waals surface area contributed by atoms with Crippen molar-refractivity contribution in [1.82, 2.24) is 5.32 Å². The Balaban J connectivity index is 1.97. The number of carbonyl (C=O) groups excluding carboxylic acids is 1. The van der Waals surface area contributed by atoms with E-state index >= 15 is 0 Å². The molecule has 0 radical (unpaired) electrons. The Bertz CT molecular complexity index is 206. The number of hydrogen-bond donors (Lipinski definition) is 1. The van der Waals surface area contributed by atoms with E-state index in [9.17, 15) is 4.79 Å². The SMILES string of the molecule is CC(C)(C)OCCOC(=O)CC1CNC1. The molecule has 0 aromatic heterocycles. The van der Waals surface area contributed by atoms with Crippen molar-refractivity contribution >= 4 is 5.97 Å². The highest BCUT2D eigenvalue weighted by Crippen LogP contribution is 2.09. The molecule has 0 bridgehead atoms. The van der Waals surface area contributed by atoms with Crippen LogP contribution in [0.5, 0.6) is 0 Å². The maximum atomic E-state index is 11.3. The maximum absolute atomic E-state index is 11.3. The average Bonchev–Trinajstić information content (AvgIpc) is 2.04. The third kappa shape index (κ3) is 5.74. The van der Waals surface area contributed by atoms with E-state index in [0.29, 0.717) is 25.6 Å². The van der Waals surface area contributed by atoms with Crippen LogP contribution in [0.3, 0.4) is 0 Å². The van der Waals surface area contributed by atoms with E-state index in [1.54, 1.807) is 0 Å². The fourth-order valence-corrected chi connectivity index (χ4v) is 1.29. The van der Waals surface area contributed by atoms with Gasteiger partial charge in [-0.15, -0.1) is 0 Å². The third-order valence-electron chi connectivity index (χ3n) is 2.20. The van der Waals surface area contributed by atoms with Crippen molar-refractivity contribution in [2.24, 2.45) is 5.92 Å². The van der Waals surface area contributed by atoms with Crippen molar-refractivity contribution < 1.29 is 14.3 Å². The molecule has 0 atom stereocenters. The molecule has 15 heavy (non-hydrogen) atoms. The zero-order valence-corrected chi connectivity index (χ0v) is 9.84. The summed E-state index contributed by atoms with van der Waals surface area (Å²) in [5, 5.41) is 3.12. The molecule has 4 heteroatoms. The molecule has 88 valence electrons. The van der Waals surface area contributed by atoms with Crippen LogP contribution < -0.4 is 5.32 Å². The standard InChI is InChI=1S/C11H21NO3/c1-11(2,3)15-5-4-14-10(13)6-9-7-12-8-9/h9,12H,4-8H2,1-3H3. The van der Waals surface area contributed by atoms with Gasteiger partial charge in [0.2, 0.25) is 0 Å². The molecule has 1 saturated heterocycles. The Hall–Kier alpha value is -0.610. The van der Waals surface area contributed by atoms with Crippen molar-refractivity contribution in [2.45, 2.75) is 32.8 Å². The molecule has 1 aliphatic rings. The summed E-state index contributed by atoms with van der Waals surface area (Å²) in [5.41, 5.74) is -0.162. The maximum Gasteiger partial charge on any atom is 0.306 e. The highest BCUT2D eigenvalue weighted by molar-refractivity contribution is 5.69. The second kappa shape index (κ2) is 5.47. The molecule has 4 nitrogen and oxygen atoms in total. The summed E-state index contributed by atoms with van der Waals surface area (Å²) in [6.45, 7) is 8.65. The predicted octanol–water partition coefficient (Wildman–Crippen LogP) is 0.954. The summed E-state index contributed by atoms with van der Waals surface area (Å²) in [5.74, 6) is 0.361. The summed E-state index contributed by atoms with van der Waals surface area (Å²) in [6, 6.07) is 0. The summed E-state index contributed by atoms with van der Waals surface area (Å²) in [4.78, 5) is 11.3. The van der Waals surface area contributed by atoms with E-state index < -0.39 is 0 Å². The summed E-state index contributed by atoms with van der Waals surface area (Å²) in [7, 11) is 0. The average molecular weight is 215 g/mol. The van der Waals surface area contributed by atoms with Crippen molar-refractivity contribution in [3.8, 4) is 0 Å². The van der Waals surface area contributed by atoms with Crippen LogP contribution in [-0.2, 0) is 14.3 Å². The van der Waals surface area contributed by atoms with E-state index in [4.69, 9.17) is 9.47 Å². The molecule has 0 aromatic rings. The zero-order valence-electron chi connectivity index (χ0n) is 9.84. The van der Waals surface area contributed by atoms with Gasteiger partial charge in [-0.2, -0.15) is 0 Å². The molecule has 0 saturated carbocycles. The van der Waals surface area contributed by atoms with Crippen molar-refractivity contribution in [1.29, 1.82) is 0 Å². The van der Waals surface area contributed by atoms with Crippen LogP contribution in [0.25, 0.3) is 0 Å². The Kier molecular flexibility index (Phi) is 4.54. The first-order valence-electron chi connectivity index (χ1n) is 5.48. The van der Waals surface area contributed by atoms with E-state index in [0.717, 1.165) is 13.1 Å². The molecule has 0 spiro atoms. The molecule has 1 N–H and O–H groups in total. The minimum absolute atomic E-state index is 0.112. The largest absolute Gasteiger partial charge is 0.463 e. The number of carbonyl (C=O) groups is 1. The van der Waals surface area contributed by atoms with Crippen LogP contribution in [0.15, 0.2) is 0 Å². The number of hydrogen-bond acceptors (Lipinski definition) is 4. The van der Waals surface area contributed by atoms with Gasteiger partial charge in [0.25, 0.3) is 0 Å². The number of ether oxygens (including phenoxy) is 2. The van der Waals surface area contributed by atoms with Crippen LogP contribution in [0.4, 0.5) is 0 Å². The van der Waals surface area contributed by atoms with Crippen LogP contribution in [0.2, 0.25) is 0 Å². The normalized spacial score (nSPS) is 17.3. The lowest BCUT2D eigenvalue weighted by Gasteiger charge is -2.26. The Morgan fingerprint density at radius 2 is 2.00 bits per heavy atom. The van der Waals surface area contributed by atoms with Gasteiger partial charge in [0.15, 0.2) is 0 Å². The van der Waals surface area contributed by atoms with Gasteiger partial charge >= 0.3 is 5.97 Å². The molecule has 1 heterocycles. The molecule has 1 fully saturated rings. The molecule has 0 amide bonds. The minimum Gasteiger partial charge on any atom is -0.463 e. The van der Waals surface area contributed by atoms with E-state index in [-0.39, 0.29) is 11.6 Å². The van der Waals surface area contributed by atoms with Gasteiger partial charge in [-0.25, -0.2) is 0 Å². The smallest absolute Gasteiger partial charge is 0.306 e. The van der Waals surface area contributed by atoms with Gasteiger partial charge in [0.05, 0.1) is 18.6 Å². The van der Waals surface area contributed by atoms with Crippen LogP contribution >= 0.6 is 0 Å². The van der Waals surface area contributed by atoms with Gasteiger partial charge in [-0.1, -0.05) is 0 Å². The van der Waals surface area contributed by atoms with E-state index in [1.165, 1.54) is 0 Å². The van der Waals surface area contributed by atoms with Gasteiger partial charge in [0, 0.05) is 0 Å². The fourth-order valence-electron chi connectivity index (χ4n) is 1.29. The van der Waals surface area contributed by atoms with Gasteiger partial charge < -0.3 is 14.8 Å². The first-order valence-corrected chi connectivity index (χ1v) is 5.48. The van der Waals surface area contributed by atoms with E-state index in [1.807, 2.05) is 20.8 Å². The van der Waals surface area contributed by atoms with Crippen LogP contribution in [0.1, 0.15) is 27.2 Å². The predicted molar refractivity (Wildman–Crippen MR) is 57.6 cm³/mol. The number of nitrogens with one attached hydrogen (secondary N) is 1. The molecular weight excluding hydrogens is 194 g/mol. The first kappa shape index (κ1) is 12.5. The van der Waals surface area contributed by atoms with Gasteiger partial charge in [-0.05, 0) is 39.8 Å². The lowest BCUT2D eigenvalue weighted by atomic mass is 10.00. The van der Waals surface area contributed by atoms with Crippen molar-refractivity contribution in [3.05, 3.63) is 0 Å². The molecule has 0 aromatic carbocycles. The lowest BCUT2D eigenvalue weighted by molar-refractivity contribution is -0.148. The highest BCUT2D eigenvalue weighted by Gasteiger charge is 2.20. The highest BCUT2D eigenvalue weighted by atomic mass is 16.6. The molecular formula is C11H21NO3. The second-order valence-electron chi connectivity index (χ2n) is 4.91. The van der Waals surface area contributed by atoms with Crippen molar-refractivity contribution in [2.75, 3.05) is 26.3 Å². The third-order valence-corrected chi connectivity index (χ3v) is 2.20. The summed E-state index contributed by atoms with van der Waals surface area (Å²) < 4.78 is 10.5. The number of esters is 1. The summed E-state index contributed by atoms with van der Waals surface area (Å²) >= 11 is 0. The van der Waals surface area contributed by atoms with Crippen LogP contribution in [0, 0.1) is 5.92 Å². The topological polar surface area (TPSA) is 47.6 Å². The molecule has 1 aliphatic heterocycles. The Morgan fingerprint density at radius 3 is 2.47 bits per heavy atom. The minimum atomic E-state index is -0.162. The molecule has 0 unspecified atom stereocenters. The number of rotatable bonds is 5.